The first-order chi connectivity index (χ1) is 8.74. The molecule has 0 heterocycles. The molecule has 0 atom stereocenters. The van der Waals surface area contributed by atoms with E-state index in [1.54, 1.807) is 0 Å². The lowest BCUT2D eigenvalue weighted by Crippen LogP contribution is -2.22. The van der Waals surface area contributed by atoms with Gasteiger partial charge in [0.1, 0.15) is 0 Å². The van der Waals surface area contributed by atoms with Crippen molar-refractivity contribution in [1.82, 2.24) is 0 Å². The van der Waals surface area contributed by atoms with Crippen LogP contribution in [0.5, 0.6) is 0 Å². The van der Waals surface area contributed by atoms with E-state index in [-0.39, 0.29) is 5.41 Å². The second kappa shape index (κ2) is 5.78. The summed E-state index contributed by atoms with van der Waals surface area (Å²) in [5, 5.41) is 9.25. The van der Waals surface area contributed by atoms with E-state index < -0.39 is 0 Å². The number of hydrogen-bond donors (Lipinski definition) is 0. The lowest BCUT2D eigenvalue weighted by Gasteiger charge is -2.32. The van der Waals surface area contributed by atoms with Gasteiger partial charge in [-0.3, -0.25) is 0 Å². The molecule has 1 aromatic carbocycles. The van der Waals surface area contributed by atoms with E-state index in [1.165, 1.54) is 16.7 Å². The van der Waals surface area contributed by atoms with Gasteiger partial charge in [-0.25, -0.2) is 0 Å². The molecule has 0 aliphatic carbocycles. The zero-order chi connectivity index (χ0) is 14.8. The molecule has 0 aliphatic heterocycles. The molecule has 104 valence electrons. The highest BCUT2D eigenvalue weighted by Gasteiger charge is 2.27. The van der Waals surface area contributed by atoms with E-state index in [1.807, 2.05) is 0 Å². The number of nitriles is 1. The van der Waals surface area contributed by atoms with E-state index in [2.05, 4.69) is 66.7 Å². The third-order valence-electron chi connectivity index (χ3n) is 4.13. The Morgan fingerprint density at radius 2 is 1.47 bits per heavy atom. The minimum atomic E-state index is 0.160. The summed E-state index contributed by atoms with van der Waals surface area (Å²) in [5.41, 5.74) is 5.10. The van der Waals surface area contributed by atoms with Crippen LogP contribution in [0.15, 0.2) is 12.1 Å². The summed E-state index contributed by atoms with van der Waals surface area (Å²) in [4.78, 5) is 0. The largest absolute Gasteiger partial charge is 0.192 e. The molecule has 0 aliphatic rings. The topological polar surface area (TPSA) is 23.8 Å². The quantitative estimate of drug-likeness (QED) is 0.699. The van der Waals surface area contributed by atoms with Gasteiger partial charge in [0.2, 0.25) is 0 Å². The van der Waals surface area contributed by atoms with Gasteiger partial charge in [0.15, 0.2) is 0 Å². The van der Waals surface area contributed by atoms with Crippen molar-refractivity contribution in [1.29, 1.82) is 5.26 Å². The highest BCUT2D eigenvalue weighted by Crippen LogP contribution is 2.39. The fourth-order valence-corrected chi connectivity index (χ4v) is 2.62. The summed E-state index contributed by atoms with van der Waals surface area (Å²) >= 11 is 0. The Kier molecular flexibility index (Phi) is 4.80. The van der Waals surface area contributed by atoms with Crippen LogP contribution < -0.4 is 0 Å². The molecule has 1 nitrogen and oxygen atoms in total. The maximum atomic E-state index is 9.25. The normalized spacial score (nSPS) is 12.0. The number of hydrogen-bond acceptors (Lipinski definition) is 1. The van der Waals surface area contributed by atoms with Crippen molar-refractivity contribution in [2.75, 3.05) is 0 Å². The average Bonchev–Trinajstić information content (AvgIpc) is 2.36. The number of nitrogens with zero attached hydrogens (tertiary/aromatic N) is 1. The molecular formula is C18H27N. The second-order valence-corrected chi connectivity index (χ2v) is 6.69. The number of benzene rings is 1. The van der Waals surface area contributed by atoms with Gasteiger partial charge < -0.3 is 0 Å². The van der Waals surface area contributed by atoms with Crippen molar-refractivity contribution in [2.24, 2.45) is 0 Å². The molecule has 0 fully saturated rings. The highest BCUT2D eigenvalue weighted by atomic mass is 14.3. The van der Waals surface area contributed by atoms with Gasteiger partial charge in [-0.05, 0) is 52.5 Å². The summed E-state index contributed by atoms with van der Waals surface area (Å²) in [7, 11) is 0. The van der Waals surface area contributed by atoms with E-state index in [9.17, 15) is 5.26 Å². The van der Waals surface area contributed by atoms with Crippen molar-refractivity contribution in [2.45, 2.75) is 72.1 Å². The summed E-state index contributed by atoms with van der Waals surface area (Å²) in [6.45, 7) is 15.7. The monoisotopic (exact) mass is 257 g/mol. The molecule has 1 rings (SSSR count). The summed E-state index contributed by atoms with van der Waals surface area (Å²) < 4.78 is 0. The Morgan fingerprint density at radius 3 is 1.74 bits per heavy atom. The maximum absolute atomic E-state index is 9.25. The fraction of sp³-hybridized carbons (Fsp3) is 0.611. The number of rotatable bonds is 4. The minimum Gasteiger partial charge on any atom is -0.192 e. The molecule has 0 N–H and O–H groups in total. The van der Waals surface area contributed by atoms with E-state index in [0.29, 0.717) is 11.8 Å². The molecule has 1 aromatic rings. The van der Waals surface area contributed by atoms with Crippen molar-refractivity contribution in [3.63, 3.8) is 0 Å². The Balaban J connectivity index is 3.70. The van der Waals surface area contributed by atoms with Gasteiger partial charge in [0.25, 0.3) is 0 Å². The summed E-state index contributed by atoms with van der Waals surface area (Å²) in [5.74, 6) is 0.901. The zero-order valence-corrected chi connectivity index (χ0v) is 13.5. The van der Waals surface area contributed by atoms with Crippen LogP contribution in [0.1, 0.15) is 89.0 Å². The molecule has 1 heteroatoms. The summed E-state index contributed by atoms with van der Waals surface area (Å²) in [6.07, 6.45) is 1.11. The van der Waals surface area contributed by atoms with Crippen LogP contribution in [0.3, 0.4) is 0 Å². The Labute approximate surface area is 118 Å². The smallest absolute Gasteiger partial charge is 0.0991 e. The first kappa shape index (κ1) is 15.8. The molecule has 0 amide bonds. The molecule has 0 radical (unpaired) electrons. The predicted octanol–water partition coefficient (Wildman–Crippen LogP) is 5.49. The van der Waals surface area contributed by atoms with E-state index >= 15 is 0 Å². The van der Waals surface area contributed by atoms with Crippen LogP contribution in [0.25, 0.3) is 0 Å². The molecule has 0 saturated carbocycles. The molecule has 19 heavy (non-hydrogen) atoms. The molecule has 0 spiro atoms. The van der Waals surface area contributed by atoms with Crippen molar-refractivity contribution in [3.05, 3.63) is 34.4 Å². The van der Waals surface area contributed by atoms with Gasteiger partial charge in [-0.1, -0.05) is 48.5 Å². The fourth-order valence-electron chi connectivity index (χ4n) is 2.62. The van der Waals surface area contributed by atoms with Gasteiger partial charge in [0, 0.05) is 0 Å². The zero-order valence-electron chi connectivity index (χ0n) is 13.5. The van der Waals surface area contributed by atoms with Crippen LogP contribution >= 0.6 is 0 Å². The predicted molar refractivity (Wildman–Crippen MR) is 82.7 cm³/mol. The van der Waals surface area contributed by atoms with Crippen molar-refractivity contribution < 1.29 is 0 Å². The Bertz CT molecular complexity index is 458. The van der Waals surface area contributed by atoms with Gasteiger partial charge in [-0.2, -0.15) is 5.26 Å². The molecule has 0 bridgehead atoms. The van der Waals surface area contributed by atoms with E-state index in [4.69, 9.17) is 0 Å². The lowest BCUT2D eigenvalue weighted by atomic mass is 9.72. The van der Waals surface area contributed by atoms with Crippen LogP contribution in [-0.4, -0.2) is 0 Å². The molecule has 0 unspecified atom stereocenters. The molecule has 0 aromatic heterocycles. The van der Waals surface area contributed by atoms with Gasteiger partial charge >= 0.3 is 0 Å². The first-order valence-electron chi connectivity index (χ1n) is 7.33. The van der Waals surface area contributed by atoms with Crippen LogP contribution in [0.4, 0.5) is 0 Å². The minimum absolute atomic E-state index is 0.160. The highest BCUT2D eigenvalue weighted by molar-refractivity contribution is 5.49. The Morgan fingerprint density at radius 1 is 1.05 bits per heavy atom. The first-order valence-corrected chi connectivity index (χ1v) is 7.33. The van der Waals surface area contributed by atoms with Crippen LogP contribution in [-0.2, 0) is 5.41 Å². The second-order valence-electron chi connectivity index (χ2n) is 6.69. The van der Waals surface area contributed by atoms with Crippen molar-refractivity contribution in [3.8, 4) is 6.07 Å². The van der Waals surface area contributed by atoms with E-state index in [0.717, 1.165) is 12.0 Å². The SMILES string of the molecule is CCC(C)(C)c1c(C(C)C)cc(C#N)cc1C(C)C. The molecule has 0 saturated heterocycles. The lowest BCUT2D eigenvalue weighted by molar-refractivity contribution is 0.490. The third-order valence-corrected chi connectivity index (χ3v) is 4.13. The maximum Gasteiger partial charge on any atom is 0.0991 e. The van der Waals surface area contributed by atoms with Crippen molar-refractivity contribution >= 4 is 0 Å². The average molecular weight is 257 g/mol. The van der Waals surface area contributed by atoms with Gasteiger partial charge in [-0.15, -0.1) is 0 Å². The van der Waals surface area contributed by atoms with Crippen LogP contribution in [0, 0.1) is 11.3 Å². The van der Waals surface area contributed by atoms with Gasteiger partial charge in [0.05, 0.1) is 11.6 Å². The summed E-state index contributed by atoms with van der Waals surface area (Å²) in [6, 6.07) is 6.49. The Hall–Kier alpha value is -1.29. The molecular weight excluding hydrogens is 230 g/mol. The standard InChI is InChI=1S/C18H27N/c1-8-18(6,7)17-15(12(2)3)9-14(11-19)10-16(17)13(4)5/h9-10,12-13H,8H2,1-7H3. The third kappa shape index (κ3) is 3.18. The van der Waals surface area contributed by atoms with Crippen LogP contribution in [0.2, 0.25) is 0 Å².